The highest BCUT2D eigenvalue weighted by Crippen LogP contribution is 2.21. The van der Waals surface area contributed by atoms with Crippen LogP contribution in [-0.2, 0) is 23.1 Å². The molecule has 0 spiro atoms. The molecule has 1 aromatic carbocycles. The van der Waals surface area contributed by atoms with Crippen molar-refractivity contribution in [3.8, 4) is 0 Å². The Morgan fingerprint density at radius 1 is 1.33 bits per heavy atom. The number of ether oxygens (including phenoxy) is 1. The minimum absolute atomic E-state index is 0.0436. The first-order valence-corrected chi connectivity index (χ1v) is 8.02. The van der Waals surface area contributed by atoms with Crippen molar-refractivity contribution in [1.29, 1.82) is 0 Å². The fraction of sp³-hybridized carbons (Fsp3) is 0.389. The van der Waals surface area contributed by atoms with Gasteiger partial charge in [0, 0.05) is 38.7 Å². The van der Waals surface area contributed by atoms with Crippen molar-refractivity contribution in [1.82, 2.24) is 14.7 Å². The van der Waals surface area contributed by atoms with Gasteiger partial charge in [0.15, 0.2) is 0 Å². The molecule has 1 unspecified atom stereocenters. The molecule has 2 heterocycles. The zero-order chi connectivity index (χ0) is 17.1. The molecule has 6 heteroatoms. The normalized spacial score (nSPS) is 17.3. The Balaban J connectivity index is 1.53. The summed E-state index contributed by atoms with van der Waals surface area (Å²) in [5.41, 5.74) is 2.23. The number of aromatic nitrogens is 2. The summed E-state index contributed by atoms with van der Waals surface area (Å²) in [6.07, 6.45) is 2.07. The van der Waals surface area contributed by atoms with Crippen LogP contribution in [0.15, 0.2) is 36.5 Å². The van der Waals surface area contributed by atoms with E-state index in [0.717, 1.165) is 5.56 Å². The minimum Gasteiger partial charge on any atom is -0.462 e. The molecule has 1 saturated heterocycles. The number of rotatable bonds is 5. The molecule has 1 aliphatic heterocycles. The van der Waals surface area contributed by atoms with Crippen molar-refractivity contribution < 1.29 is 14.3 Å². The van der Waals surface area contributed by atoms with E-state index < -0.39 is 0 Å². The van der Waals surface area contributed by atoms with Crippen molar-refractivity contribution in [2.75, 3.05) is 13.2 Å². The first-order chi connectivity index (χ1) is 11.5. The van der Waals surface area contributed by atoms with E-state index in [1.165, 1.54) is 0 Å². The van der Waals surface area contributed by atoms with Crippen LogP contribution in [0.2, 0.25) is 0 Å². The van der Waals surface area contributed by atoms with E-state index in [-0.39, 0.29) is 24.4 Å². The van der Waals surface area contributed by atoms with Gasteiger partial charge in [-0.2, -0.15) is 5.10 Å². The minimum atomic E-state index is -0.380. The summed E-state index contributed by atoms with van der Waals surface area (Å²) < 4.78 is 6.97. The maximum atomic E-state index is 12.1. The Kier molecular flexibility index (Phi) is 4.64. The summed E-state index contributed by atoms with van der Waals surface area (Å²) in [6, 6.07) is 9.90. The fourth-order valence-corrected chi connectivity index (χ4v) is 2.99. The van der Waals surface area contributed by atoms with Gasteiger partial charge in [0.25, 0.3) is 0 Å². The van der Waals surface area contributed by atoms with E-state index in [9.17, 15) is 9.59 Å². The number of amides is 1. The lowest BCUT2D eigenvalue weighted by molar-refractivity contribution is -0.128. The molecule has 0 saturated carbocycles. The summed E-state index contributed by atoms with van der Waals surface area (Å²) in [4.78, 5) is 26.1. The second-order valence-electron chi connectivity index (χ2n) is 6.23. The highest BCUT2D eigenvalue weighted by molar-refractivity contribution is 5.90. The van der Waals surface area contributed by atoms with E-state index in [0.29, 0.717) is 30.8 Å². The lowest BCUT2D eigenvalue weighted by atomic mass is 10.1. The average molecular weight is 327 g/mol. The number of hydrogen-bond donors (Lipinski definition) is 0. The maximum Gasteiger partial charge on any atom is 0.341 e. The van der Waals surface area contributed by atoms with Crippen molar-refractivity contribution in [3.05, 3.63) is 53.3 Å². The molecular weight excluding hydrogens is 306 g/mol. The van der Waals surface area contributed by atoms with E-state index in [1.807, 2.05) is 35.2 Å². The Bertz CT molecular complexity index is 739. The van der Waals surface area contributed by atoms with Crippen LogP contribution in [0.3, 0.4) is 0 Å². The van der Waals surface area contributed by atoms with E-state index in [2.05, 4.69) is 5.10 Å². The number of nitrogens with zero attached hydrogens (tertiary/aromatic N) is 3. The number of benzene rings is 1. The van der Waals surface area contributed by atoms with E-state index in [1.54, 1.807) is 24.9 Å². The van der Waals surface area contributed by atoms with Gasteiger partial charge in [0.05, 0.1) is 12.3 Å². The second-order valence-corrected chi connectivity index (χ2v) is 6.23. The molecule has 0 aliphatic carbocycles. The monoisotopic (exact) mass is 327 g/mol. The summed E-state index contributed by atoms with van der Waals surface area (Å²) in [7, 11) is 1.76. The van der Waals surface area contributed by atoms with Gasteiger partial charge in [0.2, 0.25) is 5.91 Å². The number of aryl methyl sites for hydroxylation is 2. The number of likely N-dealkylation sites (tertiary alicyclic amines) is 1. The standard InChI is InChI=1S/C18H21N3O3/c1-13-16(11-20(2)19-13)18(23)24-12-15-8-17(22)21(10-15)9-14-6-4-3-5-7-14/h3-7,11,15H,8-10,12H2,1-2H3. The maximum absolute atomic E-state index is 12.1. The van der Waals surface area contributed by atoms with Crippen molar-refractivity contribution in [2.45, 2.75) is 19.9 Å². The third-order valence-electron chi connectivity index (χ3n) is 4.19. The van der Waals surface area contributed by atoms with Gasteiger partial charge < -0.3 is 9.64 Å². The summed E-state index contributed by atoms with van der Waals surface area (Å²) in [5, 5.41) is 4.14. The topological polar surface area (TPSA) is 64.4 Å². The van der Waals surface area contributed by atoms with Crippen LogP contribution in [0.25, 0.3) is 0 Å². The molecule has 0 radical (unpaired) electrons. The van der Waals surface area contributed by atoms with Crippen LogP contribution in [0, 0.1) is 12.8 Å². The number of hydrogen-bond acceptors (Lipinski definition) is 4. The number of carbonyl (C=O) groups excluding carboxylic acids is 2. The molecule has 1 fully saturated rings. The molecular formula is C18H21N3O3. The predicted octanol–water partition coefficient (Wildman–Crippen LogP) is 1.93. The lowest BCUT2D eigenvalue weighted by Gasteiger charge is -2.16. The van der Waals surface area contributed by atoms with Crippen LogP contribution >= 0.6 is 0 Å². The van der Waals surface area contributed by atoms with Crippen LogP contribution in [0.1, 0.15) is 28.0 Å². The van der Waals surface area contributed by atoms with Gasteiger partial charge in [-0.15, -0.1) is 0 Å². The summed E-state index contributed by atoms with van der Waals surface area (Å²) in [5.74, 6) is -0.228. The summed E-state index contributed by atoms with van der Waals surface area (Å²) >= 11 is 0. The van der Waals surface area contributed by atoms with Gasteiger partial charge in [-0.25, -0.2) is 4.79 Å². The fourth-order valence-electron chi connectivity index (χ4n) is 2.99. The van der Waals surface area contributed by atoms with Gasteiger partial charge in [-0.1, -0.05) is 30.3 Å². The predicted molar refractivity (Wildman–Crippen MR) is 88.2 cm³/mol. The largest absolute Gasteiger partial charge is 0.462 e. The molecule has 24 heavy (non-hydrogen) atoms. The lowest BCUT2D eigenvalue weighted by Crippen LogP contribution is -2.25. The van der Waals surface area contributed by atoms with Crippen LogP contribution in [0.5, 0.6) is 0 Å². The van der Waals surface area contributed by atoms with E-state index >= 15 is 0 Å². The molecule has 1 atom stereocenters. The summed E-state index contributed by atoms with van der Waals surface area (Å²) in [6.45, 7) is 3.25. The third-order valence-corrected chi connectivity index (χ3v) is 4.19. The molecule has 1 amide bonds. The smallest absolute Gasteiger partial charge is 0.341 e. The number of carbonyl (C=O) groups is 2. The Morgan fingerprint density at radius 2 is 2.08 bits per heavy atom. The quantitative estimate of drug-likeness (QED) is 0.787. The zero-order valence-corrected chi connectivity index (χ0v) is 13.9. The molecule has 6 nitrogen and oxygen atoms in total. The Morgan fingerprint density at radius 3 is 2.75 bits per heavy atom. The first-order valence-electron chi connectivity index (χ1n) is 8.02. The Labute approximate surface area is 141 Å². The SMILES string of the molecule is Cc1nn(C)cc1C(=O)OCC1CC(=O)N(Cc2ccccc2)C1. The molecule has 2 aromatic rings. The van der Waals surface area contributed by atoms with Crippen LogP contribution in [0.4, 0.5) is 0 Å². The Hall–Kier alpha value is -2.63. The zero-order valence-electron chi connectivity index (χ0n) is 13.9. The number of esters is 1. The van der Waals surface area contributed by atoms with Gasteiger partial charge >= 0.3 is 5.97 Å². The van der Waals surface area contributed by atoms with Crippen molar-refractivity contribution >= 4 is 11.9 Å². The average Bonchev–Trinajstić information content (AvgIpc) is 3.08. The van der Waals surface area contributed by atoms with Gasteiger partial charge in [-0.3, -0.25) is 9.48 Å². The van der Waals surface area contributed by atoms with Gasteiger partial charge in [-0.05, 0) is 12.5 Å². The molecule has 3 rings (SSSR count). The first kappa shape index (κ1) is 16.2. The molecule has 0 bridgehead atoms. The molecule has 126 valence electrons. The van der Waals surface area contributed by atoms with Crippen molar-refractivity contribution in [2.24, 2.45) is 13.0 Å². The highest BCUT2D eigenvalue weighted by Gasteiger charge is 2.30. The third kappa shape index (κ3) is 3.64. The van der Waals surface area contributed by atoms with Gasteiger partial charge in [0.1, 0.15) is 5.56 Å². The molecule has 1 aliphatic rings. The highest BCUT2D eigenvalue weighted by atomic mass is 16.5. The van der Waals surface area contributed by atoms with Crippen LogP contribution in [-0.4, -0.2) is 39.7 Å². The van der Waals surface area contributed by atoms with Crippen LogP contribution < -0.4 is 0 Å². The molecule has 1 aromatic heterocycles. The van der Waals surface area contributed by atoms with E-state index in [4.69, 9.17) is 4.74 Å². The second kappa shape index (κ2) is 6.86. The van der Waals surface area contributed by atoms with Crippen molar-refractivity contribution in [3.63, 3.8) is 0 Å². The molecule has 0 N–H and O–H groups in total.